The number of nitrogens with zero attached hydrogens (tertiary/aromatic N) is 3. The van der Waals surface area contributed by atoms with Crippen molar-refractivity contribution >= 4 is 29.0 Å². The lowest BCUT2D eigenvalue weighted by Gasteiger charge is -2.01. The van der Waals surface area contributed by atoms with Crippen molar-refractivity contribution in [1.82, 2.24) is 0 Å². The molecule has 0 spiro atoms. The fraction of sp³-hybridized carbons (Fsp3) is 0.0870. The van der Waals surface area contributed by atoms with E-state index in [9.17, 15) is 10.1 Å². The molecule has 0 aliphatic carbocycles. The molecule has 0 fully saturated rings. The zero-order valence-corrected chi connectivity index (χ0v) is 15.4. The first kappa shape index (κ1) is 19.0. The van der Waals surface area contributed by atoms with Gasteiger partial charge in [0.05, 0.1) is 17.2 Å². The largest absolute Gasteiger partial charge is 0.288 e. The molecule has 0 bridgehead atoms. The number of allylic oxidation sites excluding steroid dienone is 1. The zero-order chi connectivity index (χ0) is 19.8. The molecule has 5 heteroatoms. The Morgan fingerprint density at radius 2 is 1.68 bits per heavy atom. The summed E-state index contributed by atoms with van der Waals surface area (Å²) < 4.78 is 0. The Hall–Kier alpha value is -3.82. The lowest BCUT2D eigenvalue weighted by atomic mass is 10.1. The van der Waals surface area contributed by atoms with E-state index >= 15 is 0 Å². The average Bonchev–Trinajstić information content (AvgIpc) is 2.74. The van der Waals surface area contributed by atoms with Gasteiger partial charge < -0.3 is 0 Å². The lowest BCUT2D eigenvalue weighted by Crippen LogP contribution is -1.89. The fourth-order valence-electron chi connectivity index (χ4n) is 2.58. The maximum absolute atomic E-state index is 10.7. The molecule has 0 amide bonds. The van der Waals surface area contributed by atoms with Crippen LogP contribution in [0.1, 0.15) is 23.6 Å². The summed E-state index contributed by atoms with van der Waals surface area (Å²) >= 11 is 0. The molecule has 3 rings (SSSR count). The minimum absolute atomic E-state index is 0.0670. The first-order valence-corrected chi connectivity index (χ1v) is 8.81. The van der Waals surface area contributed by atoms with Crippen molar-refractivity contribution in [2.75, 3.05) is 0 Å². The van der Waals surface area contributed by atoms with Crippen molar-refractivity contribution in [3.8, 4) is 0 Å². The highest BCUT2D eigenvalue weighted by atomic mass is 16.6. The second-order valence-corrected chi connectivity index (χ2v) is 6.16. The Labute approximate surface area is 163 Å². The van der Waals surface area contributed by atoms with Crippen LogP contribution in [0.5, 0.6) is 0 Å². The van der Waals surface area contributed by atoms with E-state index in [0.717, 1.165) is 28.0 Å². The van der Waals surface area contributed by atoms with E-state index in [-0.39, 0.29) is 5.69 Å². The van der Waals surface area contributed by atoms with Crippen molar-refractivity contribution in [3.05, 3.63) is 106 Å². The normalized spacial score (nSPS) is 10.5. The summed E-state index contributed by atoms with van der Waals surface area (Å²) in [5.74, 6) is 3.11. The van der Waals surface area contributed by atoms with Crippen LogP contribution in [0, 0.1) is 10.1 Å². The van der Waals surface area contributed by atoms with Gasteiger partial charge in [0, 0.05) is 23.9 Å². The molecule has 5 nitrogen and oxygen atoms in total. The van der Waals surface area contributed by atoms with Crippen LogP contribution in [0.2, 0.25) is 0 Å². The Balaban J connectivity index is 1.75. The smallest absolute Gasteiger partial charge is 0.269 e. The Bertz CT molecular complexity index is 1050. The summed E-state index contributed by atoms with van der Waals surface area (Å²) in [6, 6.07) is 24.1. The predicted molar refractivity (Wildman–Crippen MR) is 113 cm³/mol. The van der Waals surface area contributed by atoms with Gasteiger partial charge in [-0.2, -0.15) is 0 Å². The Morgan fingerprint density at radius 3 is 2.39 bits per heavy atom. The van der Waals surface area contributed by atoms with Gasteiger partial charge in [-0.15, -0.1) is 0 Å². The van der Waals surface area contributed by atoms with Gasteiger partial charge >= 0.3 is 0 Å². The van der Waals surface area contributed by atoms with E-state index in [2.05, 4.69) is 15.9 Å². The quantitative estimate of drug-likeness (QED) is 0.321. The summed E-state index contributed by atoms with van der Waals surface area (Å²) in [6.45, 7) is 2.44. The second kappa shape index (κ2) is 9.21. The van der Waals surface area contributed by atoms with Gasteiger partial charge in [-0.25, -0.2) is 4.99 Å². The van der Waals surface area contributed by atoms with Gasteiger partial charge in [-0.3, -0.25) is 15.1 Å². The third-order valence-electron chi connectivity index (χ3n) is 4.15. The third kappa shape index (κ3) is 5.10. The monoisotopic (exact) mass is 369 g/mol. The molecule has 0 radical (unpaired) electrons. The van der Waals surface area contributed by atoms with Crippen molar-refractivity contribution in [2.24, 2.45) is 9.98 Å². The maximum atomic E-state index is 10.7. The van der Waals surface area contributed by atoms with Gasteiger partial charge in [0.15, 0.2) is 0 Å². The summed E-state index contributed by atoms with van der Waals surface area (Å²) in [6.07, 6.45) is 1.70. The first-order chi connectivity index (χ1) is 13.6. The van der Waals surface area contributed by atoms with Crippen molar-refractivity contribution < 1.29 is 4.92 Å². The first-order valence-electron chi connectivity index (χ1n) is 8.81. The van der Waals surface area contributed by atoms with Crippen molar-refractivity contribution in [1.29, 1.82) is 0 Å². The standard InChI is InChI=1S/C23H19N3O2/c1-18(20-7-3-2-4-8-20)15-25-23-10-6-5-9-21(23)17-24-16-19-11-13-22(14-12-19)26(27)28/h2-14,16H,17H2,1H3. The highest BCUT2D eigenvalue weighted by molar-refractivity contribution is 5.89. The molecule has 0 unspecified atom stereocenters. The number of benzene rings is 3. The predicted octanol–water partition coefficient (Wildman–Crippen LogP) is 5.62. The molecule has 138 valence electrons. The van der Waals surface area contributed by atoms with Crippen molar-refractivity contribution in [2.45, 2.75) is 13.5 Å². The van der Waals surface area contributed by atoms with Gasteiger partial charge in [-0.05, 0) is 47.7 Å². The van der Waals surface area contributed by atoms with Crippen LogP contribution in [0.25, 0.3) is 5.57 Å². The van der Waals surface area contributed by atoms with Crippen LogP contribution >= 0.6 is 0 Å². The number of non-ortho nitro benzene ring substituents is 1. The highest BCUT2D eigenvalue weighted by Crippen LogP contribution is 2.20. The van der Waals surface area contributed by atoms with Gasteiger partial charge in [-0.1, -0.05) is 48.5 Å². The molecule has 0 heterocycles. The van der Waals surface area contributed by atoms with Crippen LogP contribution in [0.4, 0.5) is 11.4 Å². The number of aliphatic imine (C=N–C) groups is 2. The molecule has 0 aliphatic rings. The van der Waals surface area contributed by atoms with Gasteiger partial charge in [0.2, 0.25) is 0 Å². The fourth-order valence-corrected chi connectivity index (χ4v) is 2.58. The minimum atomic E-state index is -0.417. The molecular weight excluding hydrogens is 350 g/mol. The maximum Gasteiger partial charge on any atom is 0.269 e. The lowest BCUT2D eigenvalue weighted by molar-refractivity contribution is -0.384. The van der Waals surface area contributed by atoms with E-state index in [1.807, 2.05) is 61.5 Å². The third-order valence-corrected chi connectivity index (χ3v) is 4.15. The Kier molecular flexibility index (Phi) is 6.24. The molecule has 0 N–H and O–H groups in total. The number of para-hydroxylation sites is 1. The van der Waals surface area contributed by atoms with Gasteiger partial charge in [0.25, 0.3) is 5.69 Å². The molecule has 28 heavy (non-hydrogen) atoms. The molecule has 3 aromatic rings. The molecule has 0 saturated heterocycles. The number of nitro groups is 1. The number of nitro benzene ring substituents is 1. The Morgan fingerprint density at radius 1 is 1.00 bits per heavy atom. The summed E-state index contributed by atoms with van der Waals surface area (Å²) in [4.78, 5) is 19.2. The van der Waals surface area contributed by atoms with Crippen LogP contribution in [0.3, 0.4) is 0 Å². The summed E-state index contributed by atoms with van der Waals surface area (Å²) in [7, 11) is 0. The van der Waals surface area contributed by atoms with Crippen LogP contribution < -0.4 is 0 Å². The van der Waals surface area contributed by atoms with Crippen LogP contribution in [0.15, 0.2) is 88.8 Å². The summed E-state index contributed by atoms with van der Waals surface area (Å²) in [5.41, 5.74) is 4.72. The minimum Gasteiger partial charge on any atom is -0.288 e. The van der Waals surface area contributed by atoms with Gasteiger partial charge in [0.1, 0.15) is 0 Å². The molecule has 0 atom stereocenters. The number of hydrogen-bond acceptors (Lipinski definition) is 4. The molecule has 0 aliphatic heterocycles. The van der Waals surface area contributed by atoms with E-state index in [4.69, 9.17) is 0 Å². The SMILES string of the molecule is CC(=C=Nc1ccccc1CN=Cc1ccc([N+](=O)[O-])cc1)c1ccccc1. The van der Waals surface area contributed by atoms with E-state index in [1.54, 1.807) is 18.3 Å². The molecule has 3 aromatic carbocycles. The molecule has 0 aromatic heterocycles. The average molecular weight is 369 g/mol. The highest BCUT2D eigenvalue weighted by Gasteiger charge is 2.03. The van der Waals surface area contributed by atoms with Crippen LogP contribution in [-0.2, 0) is 6.54 Å². The van der Waals surface area contributed by atoms with E-state index in [1.165, 1.54) is 12.1 Å². The molecular formula is C23H19N3O2. The van der Waals surface area contributed by atoms with Crippen molar-refractivity contribution in [3.63, 3.8) is 0 Å². The zero-order valence-electron chi connectivity index (χ0n) is 15.4. The van der Waals surface area contributed by atoms with E-state index < -0.39 is 4.92 Å². The molecule has 0 saturated carbocycles. The second-order valence-electron chi connectivity index (χ2n) is 6.16. The number of rotatable bonds is 6. The number of hydrogen-bond donors (Lipinski definition) is 0. The van der Waals surface area contributed by atoms with Crippen LogP contribution in [-0.4, -0.2) is 17.0 Å². The summed E-state index contributed by atoms with van der Waals surface area (Å²) in [5, 5.41) is 10.7. The van der Waals surface area contributed by atoms with E-state index in [0.29, 0.717) is 6.54 Å². The topological polar surface area (TPSA) is 67.9 Å².